The summed E-state index contributed by atoms with van der Waals surface area (Å²) in [5.41, 5.74) is 5.87. The Morgan fingerprint density at radius 3 is 2.43 bits per heavy atom. The molecule has 0 radical (unpaired) electrons. The van der Waals surface area contributed by atoms with Crippen LogP contribution in [0, 0.1) is 0 Å². The van der Waals surface area contributed by atoms with Crippen LogP contribution in [0.25, 0.3) is 5.57 Å². The lowest BCUT2D eigenvalue weighted by molar-refractivity contribution is 0.506. The normalized spacial score (nSPS) is 18.6. The van der Waals surface area contributed by atoms with E-state index in [-0.39, 0.29) is 0 Å². The fourth-order valence-electron chi connectivity index (χ4n) is 2.38. The molecule has 0 atom stereocenters. The standard InChI is InChI=1S/C13H18N/c1-5-11-10(2)14(3,4)13-9-7-6-8-12(11)13/h6-9H,5H2,1-4H3/q+1. The number of benzene rings is 1. The second-order valence-electron chi connectivity index (χ2n) is 4.39. The first-order valence-corrected chi connectivity index (χ1v) is 5.23. The Balaban J connectivity index is 2.70. The fourth-order valence-corrected chi connectivity index (χ4v) is 2.38. The number of para-hydroxylation sites is 1. The van der Waals surface area contributed by atoms with E-state index in [2.05, 4.69) is 52.2 Å². The summed E-state index contributed by atoms with van der Waals surface area (Å²) in [4.78, 5) is 0. The molecule has 0 aliphatic carbocycles. The van der Waals surface area contributed by atoms with Gasteiger partial charge in [-0.15, -0.1) is 0 Å². The van der Waals surface area contributed by atoms with Gasteiger partial charge in [0.05, 0.1) is 14.1 Å². The van der Waals surface area contributed by atoms with E-state index in [0.717, 1.165) is 10.9 Å². The molecule has 1 aromatic rings. The summed E-state index contributed by atoms with van der Waals surface area (Å²) in [6, 6.07) is 8.74. The molecular formula is C13H18N+. The molecule has 0 spiro atoms. The molecule has 1 aromatic carbocycles. The van der Waals surface area contributed by atoms with Crippen LogP contribution in [-0.2, 0) is 0 Å². The first-order valence-electron chi connectivity index (χ1n) is 5.23. The predicted octanol–water partition coefficient (Wildman–Crippen LogP) is 3.41. The topological polar surface area (TPSA) is 0 Å². The predicted molar refractivity (Wildman–Crippen MR) is 63.0 cm³/mol. The van der Waals surface area contributed by atoms with Crippen molar-refractivity contribution in [1.82, 2.24) is 4.48 Å². The smallest absolute Gasteiger partial charge is 0.145 e. The molecule has 0 amide bonds. The molecule has 14 heavy (non-hydrogen) atoms. The van der Waals surface area contributed by atoms with Gasteiger partial charge in [0.1, 0.15) is 11.4 Å². The van der Waals surface area contributed by atoms with Crippen LogP contribution >= 0.6 is 0 Å². The van der Waals surface area contributed by atoms with Gasteiger partial charge < -0.3 is 0 Å². The SMILES string of the molecule is CCC1=C(C)[N+](C)(C)c2ccccc21. The van der Waals surface area contributed by atoms with Gasteiger partial charge >= 0.3 is 0 Å². The van der Waals surface area contributed by atoms with E-state index in [0.29, 0.717) is 0 Å². The Hall–Kier alpha value is -1.08. The zero-order chi connectivity index (χ0) is 10.3. The van der Waals surface area contributed by atoms with Gasteiger partial charge in [0, 0.05) is 24.1 Å². The van der Waals surface area contributed by atoms with Crippen molar-refractivity contribution in [3.05, 3.63) is 35.5 Å². The first kappa shape index (κ1) is 9.47. The van der Waals surface area contributed by atoms with E-state index in [1.54, 1.807) is 0 Å². The lowest BCUT2D eigenvalue weighted by atomic mass is 10.0. The number of quaternary nitrogens is 1. The number of fused-ring (bicyclic) bond motifs is 1. The molecule has 0 saturated carbocycles. The highest BCUT2D eigenvalue weighted by Gasteiger charge is 2.35. The van der Waals surface area contributed by atoms with Gasteiger partial charge in [0.15, 0.2) is 0 Å². The molecule has 0 unspecified atom stereocenters. The van der Waals surface area contributed by atoms with Crippen molar-refractivity contribution in [1.29, 1.82) is 0 Å². The van der Waals surface area contributed by atoms with Crippen molar-refractivity contribution in [3.63, 3.8) is 0 Å². The minimum atomic E-state index is 0.916. The summed E-state index contributed by atoms with van der Waals surface area (Å²) < 4.78 is 0.916. The van der Waals surface area contributed by atoms with Crippen LogP contribution in [0.4, 0.5) is 5.69 Å². The largest absolute Gasteiger partial charge is 0.267 e. The summed E-state index contributed by atoms with van der Waals surface area (Å²) in [6.07, 6.45) is 1.13. The van der Waals surface area contributed by atoms with Gasteiger partial charge in [0.25, 0.3) is 0 Å². The molecule has 74 valence electrons. The van der Waals surface area contributed by atoms with Crippen molar-refractivity contribution in [2.75, 3.05) is 14.1 Å². The second kappa shape index (κ2) is 2.96. The summed E-state index contributed by atoms with van der Waals surface area (Å²) >= 11 is 0. The Labute approximate surface area is 86.3 Å². The van der Waals surface area contributed by atoms with Gasteiger partial charge in [-0.25, -0.2) is 0 Å². The highest BCUT2D eigenvalue weighted by Crippen LogP contribution is 2.43. The molecular weight excluding hydrogens is 170 g/mol. The third-order valence-corrected chi connectivity index (χ3v) is 3.46. The van der Waals surface area contributed by atoms with Crippen LogP contribution in [0.5, 0.6) is 0 Å². The Kier molecular flexibility index (Phi) is 2.00. The molecule has 1 aliphatic heterocycles. The van der Waals surface area contributed by atoms with Crippen molar-refractivity contribution in [2.45, 2.75) is 20.3 Å². The number of hydrogen-bond acceptors (Lipinski definition) is 0. The average molecular weight is 188 g/mol. The van der Waals surface area contributed by atoms with E-state index >= 15 is 0 Å². The van der Waals surface area contributed by atoms with Gasteiger partial charge in [0.2, 0.25) is 0 Å². The molecule has 0 saturated heterocycles. The fraction of sp³-hybridized carbons (Fsp3) is 0.385. The minimum Gasteiger partial charge on any atom is -0.267 e. The molecule has 1 heteroatoms. The number of allylic oxidation sites excluding steroid dienone is 2. The number of hydrogen-bond donors (Lipinski definition) is 0. The van der Waals surface area contributed by atoms with E-state index < -0.39 is 0 Å². The highest BCUT2D eigenvalue weighted by atomic mass is 15.3. The third-order valence-electron chi connectivity index (χ3n) is 3.46. The zero-order valence-electron chi connectivity index (χ0n) is 9.46. The van der Waals surface area contributed by atoms with Crippen molar-refractivity contribution in [3.8, 4) is 0 Å². The number of rotatable bonds is 1. The first-order chi connectivity index (χ1) is 6.59. The van der Waals surface area contributed by atoms with Crippen molar-refractivity contribution >= 4 is 11.3 Å². The van der Waals surface area contributed by atoms with Crippen LogP contribution in [0.3, 0.4) is 0 Å². The molecule has 0 aromatic heterocycles. The highest BCUT2D eigenvalue weighted by molar-refractivity contribution is 5.84. The maximum atomic E-state index is 2.26. The maximum Gasteiger partial charge on any atom is 0.145 e. The summed E-state index contributed by atoms with van der Waals surface area (Å²) in [6.45, 7) is 4.49. The molecule has 0 fully saturated rings. The van der Waals surface area contributed by atoms with E-state index in [9.17, 15) is 0 Å². The van der Waals surface area contributed by atoms with Crippen LogP contribution < -0.4 is 4.48 Å². The van der Waals surface area contributed by atoms with Crippen LogP contribution in [0.2, 0.25) is 0 Å². The Morgan fingerprint density at radius 2 is 1.79 bits per heavy atom. The summed E-state index contributed by atoms with van der Waals surface area (Å²) in [5, 5.41) is 0. The second-order valence-corrected chi connectivity index (χ2v) is 4.39. The Morgan fingerprint density at radius 1 is 1.14 bits per heavy atom. The summed E-state index contributed by atoms with van der Waals surface area (Å²) in [7, 11) is 4.52. The lowest BCUT2D eigenvalue weighted by Crippen LogP contribution is -2.36. The molecule has 1 heterocycles. The van der Waals surface area contributed by atoms with E-state index in [1.807, 2.05) is 0 Å². The van der Waals surface area contributed by atoms with Crippen LogP contribution in [0.1, 0.15) is 25.8 Å². The molecule has 0 bridgehead atoms. The third kappa shape index (κ3) is 1.05. The van der Waals surface area contributed by atoms with E-state index in [4.69, 9.17) is 0 Å². The van der Waals surface area contributed by atoms with Gasteiger partial charge in [-0.1, -0.05) is 19.1 Å². The van der Waals surface area contributed by atoms with Crippen molar-refractivity contribution in [2.24, 2.45) is 0 Å². The molecule has 1 nitrogen and oxygen atoms in total. The maximum absolute atomic E-state index is 2.26. The molecule has 1 aliphatic rings. The minimum absolute atomic E-state index is 0.916. The van der Waals surface area contributed by atoms with Crippen molar-refractivity contribution < 1.29 is 0 Å². The average Bonchev–Trinajstić information content (AvgIpc) is 2.37. The quantitative estimate of drug-likeness (QED) is 0.592. The summed E-state index contributed by atoms with van der Waals surface area (Å²) in [5.74, 6) is 0. The lowest BCUT2D eigenvalue weighted by Gasteiger charge is -2.25. The number of nitrogens with zero attached hydrogens (tertiary/aromatic N) is 1. The van der Waals surface area contributed by atoms with Gasteiger partial charge in [-0.3, -0.25) is 4.48 Å². The van der Waals surface area contributed by atoms with E-state index in [1.165, 1.54) is 22.5 Å². The van der Waals surface area contributed by atoms with Crippen LogP contribution in [0.15, 0.2) is 30.0 Å². The van der Waals surface area contributed by atoms with Gasteiger partial charge in [-0.2, -0.15) is 0 Å². The molecule has 0 N–H and O–H groups in total. The monoisotopic (exact) mass is 188 g/mol. The Bertz CT molecular complexity index is 399. The zero-order valence-corrected chi connectivity index (χ0v) is 9.46. The van der Waals surface area contributed by atoms with Gasteiger partial charge in [-0.05, 0) is 12.5 Å². The molecule has 2 rings (SSSR count). The van der Waals surface area contributed by atoms with Crippen LogP contribution in [-0.4, -0.2) is 14.1 Å².